The average Bonchev–Trinajstić information content (AvgIpc) is 2.36. The van der Waals surface area contributed by atoms with Crippen LogP contribution in [0.15, 0.2) is 18.6 Å². The number of rotatable bonds is 0. The van der Waals surface area contributed by atoms with Gasteiger partial charge in [-0.3, -0.25) is 0 Å². The zero-order valence-corrected chi connectivity index (χ0v) is 5.41. The summed E-state index contributed by atoms with van der Waals surface area (Å²) < 4.78 is 1.85. The van der Waals surface area contributed by atoms with Gasteiger partial charge in [-0.25, -0.2) is 4.98 Å². The molecule has 3 heteroatoms. The number of hydrogen-bond acceptors (Lipinski definition) is 2. The van der Waals surface area contributed by atoms with Crippen LogP contribution in [-0.4, -0.2) is 15.3 Å². The van der Waals surface area contributed by atoms with Crippen LogP contribution in [-0.2, 0) is 0 Å². The highest BCUT2D eigenvalue weighted by Gasteiger charge is 2.07. The van der Waals surface area contributed by atoms with Gasteiger partial charge in [0.1, 0.15) is 0 Å². The van der Waals surface area contributed by atoms with Crippen molar-refractivity contribution in [2.45, 2.75) is 6.42 Å². The Morgan fingerprint density at radius 1 is 1.60 bits per heavy atom. The van der Waals surface area contributed by atoms with Gasteiger partial charge in [-0.15, -0.1) is 0 Å². The largest absolute Gasteiger partial charge is 0.305 e. The Hall–Kier alpha value is -1.38. The Bertz CT molecular complexity index is 296. The minimum Gasteiger partial charge on any atom is -0.305 e. The third kappa shape index (κ3) is 0.603. The van der Waals surface area contributed by atoms with Crippen LogP contribution in [0.4, 0.5) is 0 Å². The normalized spacial score (nSPS) is 15.4. The van der Waals surface area contributed by atoms with Crippen molar-refractivity contribution in [1.29, 1.82) is 5.41 Å². The molecule has 1 aliphatic heterocycles. The Morgan fingerprint density at radius 2 is 2.50 bits per heavy atom. The standard InChI is InChI=1S/C7H7N3/c8-6-2-1-3-10-5-9-4-7(6)10/h1,3-5,8H,2H2. The van der Waals surface area contributed by atoms with Gasteiger partial charge in [0.25, 0.3) is 0 Å². The molecule has 10 heavy (non-hydrogen) atoms. The van der Waals surface area contributed by atoms with Crippen LogP contribution >= 0.6 is 0 Å². The molecule has 0 aromatic carbocycles. The molecule has 0 atom stereocenters. The van der Waals surface area contributed by atoms with Gasteiger partial charge < -0.3 is 9.98 Å². The molecule has 0 spiro atoms. The van der Waals surface area contributed by atoms with E-state index in [1.807, 2.05) is 16.8 Å². The summed E-state index contributed by atoms with van der Waals surface area (Å²) in [6.07, 6.45) is 8.04. The molecule has 2 heterocycles. The number of nitrogens with zero attached hydrogens (tertiary/aromatic N) is 2. The summed E-state index contributed by atoms with van der Waals surface area (Å²) in [6, 6.07) is 0. The summed E-state index contributed by atoms with van der Waals surface area (Å²) in [7, 11) is 0. The molecule has 0 fully saturated rings. The van der Waals surface area contributed by atoms with E-state index in [0.29, 0.717) is 5.71 Å². The average molecular weight is 133 g/mol. The Kier molecular flexibility index (Phi) is 0.974. The van der Waals surface area contributed by atoms with E-state index in [4.69, 9.17) is 5.41 Å². The van der Waals surface area contributed by atoms with Crippen molar-refractivity contribution < 1.29 is 0 Å². The maximum absolute atomic E-state index is 7.48. The van der Waals surface area contributed by atoms with Crippen LogP contribution in [0.1, 0.15) is 12.1 Å². The number of nitrogens with one attached hydrogen (secondary N) is 1. The lowest BCUT2D eigenvalue weighted by Crippen LogP contribution is -2.06. The van der Waals surface area contributed by atoms with Gasteiger partial charge in [-0.1, -0.05) is 6.08 Å². The lowest BCUT2D eigenvalue weighted by atomic mass is 10.2. The number of aromatic nitrogens is 2. The highest BCUT2D eigenvalue weighted by atomic mass is 15.0. The van der Waals surface area contributed by atoms with Crippen molar-refractivity contribution in [1.82, 2.24) is 9.55 Å². The summed E-state index contributed by atoms with van der Waals surface area (Å²) in [5, 5.41) is 7.48. The van der Waals surface area contributed by atoms with Gasteiger partial charge in [-0.2, -0.15) is 0 Å². The van der Waals surface area contributed by atoms with Gasteiger partial charge in [0.2, 0.25) is 0 Å². The van der Waals surface area contributed by atoms with E-state index in [1.54, 1.807) is 12.5 Å². The van der Waals surface area contributed by atoms with Gasteiger partial charge in [-0.05, 0) is 0 Å². The van der Waals surface area contributed by atoms with Crippen molar-refractivity contribution in [3.8, 4) is 0 Å². The zero-order valence-electron chi connectivity index (χ0n) is 5.41. The Balaban J connectivity index is 2.62. The fourth-order valence-electron chi connectivity index (χ4n) is 1.05. The van der Waals surface area contributed by atoms with Crippen molar-refractivity contribution in [2.24, 2.45) is 0 Å². The molecule has 3 nitrogen and oxygen atoms in total. The third-order valence-corrected chi connectivity index (χ3v) is 1.56. The molecule has 0 unspecified atom stereocenters. The van der Waals surface area contributed by atoms with Gasteiger partial charge >= 0.3 is 0 Å². The topological polar surface area (TPSA) is 41.7 Å². The quantitative estimate of drug-likeness (QED) is 0.566. The van der Waals surface area contributed by atoms with E-state index >= 15 is 0 Å². The first kappa shape index (κ1) is 5.41. The minimum atomic E-state index is 0.639. The highest BCUT2D eigenvalue weighted by molar-refractivity contribution is 5.99. The van der Waals surface area contributed by atoms with E-state index < -0.39 is 0 Å². The summed E-state index contributed by atoms with van der Waals surface area (Å²) in [5.74, 6) is 0. The second-order valence-electron chi connectivity index (χ2n) is 2.25. The first-order valence-electron chi connectivity index (χ1n) is 3.14. The van der Waals surface area contributed by atoms with Gasteiger partial charge in [0.05, 0.1) is 23.9 Å². The molecule has 0 saturated heterocycles. The van der Waals surface area contributed by atoms with Crippen molar-refractivity contribution >= 4 is 11.9 Å². The van der Waals surface area contributed by atoms with E-state index in [2.05, 4.69) is 4.98 Å². The van der Waals surface area contributed by atoms with Crippen molar-refractivity contribution in [3.63, 3.8) is 0 Å². The number of imidazole rings is 1. The van der Waals surface area contributed by atoms with Gasteiger partial charge in [0, 0.05) is 12.6 Å². The summed E-state index contributed by atoms with van der Waals surface area (Å²) in [4.78, 5) is 3.93. The van der Waals surface area contributed by atoms with Crippen LogP contribution in [0, 0.1) is 5.41 Å². The van der Waals surface area contributed by atoms with E-state index in [-0.39, 0.29) is 0 Å². The molecule has 2 rings (SSSR count). The fourth-order valence-corrected chi connectivity index (χ4v) is 1.05. The summed E-state index contributed by atoms with van der Waals surface area (Å²) in [5.41, 5.74) is 1.54. The molecule has 1 N–H and O–H groups in total. The van der Waals surface area contributed by atoms with Crippen molar-refractivity contribution in [3.05, 3.63) is 24.3 Å². The second kappa shape index (κ2) is 1.80. The maximum atomic E-state index is 7.48. The summed E-state index contributed by atoms with van der Waals surface area (Å²) in [6.45, 7) is 0. The second-order valence-corrected chi connectivity index (χ2v) is 2.25. The van der Waals surface area contributed by atoms with E-state index in [1.165, 1.54) is 0 Å². The molecule has 50 valence electrons. The van der Waals surface area contributed by atoms with Crippen LogP contribution in [0.2, 0.25) is 0 Å². The molecule has 0 saturated carbocycles. The Labute approximate surface area is 58.5 Å². The van der Waals surface area contributed by atoms with E-state index in [9.17, 15) is 0 Å². The lowest BCUT2D eigenvalue weighted by molar-refractivity contribution is 1.08. The molecule has 0 aliphatic carbocycles. The molecule has 1 aromatic heterocycles. The monoisotopic (exact) mass is 133 g/mol. The molecular formula is C7H7N3. The molecule has 0 amide bonds. The number of allylic oxidation sites excluding steroid dienone is 1. The number of fused-ring (bicyclic) bond motifs is 1. The lowest BCUT2D eigenvalue weighted by Gasteiger charge is -2.06. The van der Waals surface area contributed by atoms with Gasteiger partial charge in [0.15, 0.2) is 0 Å². The van der Waals surface area contributed by atoms with Crippen LogP contribution in [0.25, 0.3) is 6.20 Å². The van der Waals surface area contributed by atoms with Crippen LogP contribution < -0.4 is 0 Å². The summed E-state index contributed by atoms with van der Waals surface area (Å²) >= 11 is 0. The first-order chi connectivity index (χ1) is 4.88. The fraction of sp³-hybridized carbons (Fsp3) is 0.143. The zero-order chi connectivity index (χ0) is 6.97. The minimum absolute atomic E-state index is 0.639. The third-order valence-electron chi connectivity index (χ3n) is 1.56. The highest BCUT2D eigenvalue weighted by Crippen LogP contribution is 2.09. The predicted molar refractivity (Wildman–Crippen MR) is 39.0 cm³/mol. The van der Waals surface area contributed by atoms with E-state index in [0.717, 1.165) is 12.1 Å². The molecular weight excluding hydrogens is 126 g/mol. The predicted octanol–water partition coefficient (Wildman–Crippen LogP) is 1.13. The van der Waals surface area contributed by atoms with Crippen LogP contribution in [0.5, 0.6) is 0 Å². The van der Waals surface area contributed by atoms with Crippen molar-refractivity contribution in [2.75, 3.05) is 0 Å². The SMILES string of the molecule is N=C1CC=Cn2cncc21. The first-order valence-corrected chi connectivity index (χ1v) is 3.14. The number of hydrogen-bond donors (Lipinski definition) is 1. The molecule has 1 aliphatic rings. The smallest absolute Gasteiger partial charge is 0.0992 e. The molecule has 1 aromatic rings. The maximum Gasteiger partial charge on any atom is 0.0992 e. The molecule has 0 bridgehead atoms. The van der Waals surface area contributed by atoms with Crippen LogP contribution in [0.3, 0.4) is 0 Å². The Morgan fingerprint density at radius 3 is 3.30 bits per heavy atom. The molecule has 0 radical (unpaired) electrons.